The Hall–Kier alpha value is 0.100. The molecule has 1 aliphatic rings. The van der Waals surface area contributed by atoms with Crippen LogP contribution in [-0.4, -0.2) is 24.0 Å². The van der Waals surface area contributed by atoms with Gasteiger partial charge in [-0.1, -0.05) is 0 Å². The van der Waals surface area contributed by atoms with Gasteiger partial charge in [0.05, 0.1) is 3.79 Å². The Morgan fingerprint density at radius 2 is 2.47 bits per heavy atom. The minimum Gasteiger partial charge on any atom is -0.327 e. The maximum Gasteiger partial charge on any atom is 0.0730 e. The summed E-state index contributed by atoms with van der Waals surface area (Å²) in [6, 6.07) is 2.65. The average molecular weight is 289 g/mol. The number of rotatable bonds is 2. The first kappa shape index (κ1) is 11.6. The van der Waals surface area contributed by atoms with Crippen LogP contribution in [0.3, 0.4) is 0 Å². The highest BCUT2D eigenvalue weighted by atomic mass is 79.9. The summed E-state index contributed by atoms with van der Waals surface area (Å²) < 4.78 is 1.26. The van der Waals surface area contributed by atoms with Gasteiger partial charge in [-0.15, -0.1) is 11.3 Å². The van der Waals surface area contributed by atoms with Crippen LogP contribution in [0.1, 0.15) is 23.3 Å². The summed E-state index contributed by atoms with van der Waals surface area (Å²) in [4.78, 5) is 3.90. The van der Waals surface area contributed by atoms with E-state index in [1.54, 1.807) is 0 Å². The molecule has 1 aromatic rings. The van der Waals surface area contributed by atoms with Crippen molar-refractivity contribution in [2.45, 2.75) is 32.4 Å². The molecule has 0 radical (unpaired) electrons. The van der Waals surface area contributed by atoms with Crippen LogP contribution in [0.5, 0.6) is 0 Å². The molecule has 1 aliphatic heterocycles. The van der Waals surface area contributed by atoms with Gasteiger partial charge in [-0.2, -0.15) is 0 Å². The molecule has 0 bridgehead atoms. The molecule has 1 aromatic heterocycles. The minimum absolute atomic E-state index is 0.378. The third-order valence-corrected chi connectivity index (χ3v) is 4.95. The van der Waals surface area contributed by atoms with Crippen molar-refractivity contribution in [3.05, 3.63) is 20.3 Å². The van der Waals surface area contributed by atoms with E-state index in [0.717, 1.165) is 13.1 Å². The number of aryl methyl sites for hydroxylation is 1. The first-order valence-electron chi connectivity index (χ1n) is 5.38. The molecule has 4 heteroatoms. The number of nitrogens with zero attached hydrogens (tertiary/aromatic N) is 1. The molecule has 2 rings (SSSR count). The summed E-state index contributed by atoms with van der Waals surface area (Å²) in [5, 5.41) is 0. The number of thiophene rings is 1. The summed E-state index contributed by atoms with van der Waals surface area (Å²) in [6.07, 6.45) is 2.43. The molecule has 1 unspecified atom stereocenters. The van der Waals surface area contributed by atoms with E-state index in [4.69, 9.17) is 5.73 Å². The highest BCUT2D eigenvalue weighted by Gasteiger charge is 2.17. The fraction of sp³-hybridized carbons (Fsp3) is 0.636. The number of nitrogens with two attached hydrogens (primary N) is 1. The lowest BCUT2D eigenvalue weighted by Crippen LogP contribution is -2.42. The molecule has 0 spiro atoms. The Kier molecular flexibility index (Phi) is 3.83. The van der Waals surface area contributed by atoms with Crippen molar-refractivity contribution in [3.8, 4) is 0 Å². The second-order valence-electron chi connectivity index (χ2n) is 4.31. The number of likely N-dealkylation sites (tertiary alicyclic amines) is 1. The highest BCUT2D eigenvalue weighted by molar-refractivity contribution is 9.11. The maximum absolute atomic E-state index is 5.97. The average Bonchev–Trinajstić information content (AvgIpc) is 2.45. The Bertz CT molecular complexity index is 318. The van der Waals surface area contributed by atoms with Gasteiger partial charge in [0.15, 0.2) is 0 Å². The van der Waals surface area contributed by atoms with E-state index in [1.807, 2.05) is 11.3 Å². The van der Waals surface area contributed by atoms with E-state index in [2.05, 4.69) is 33.8 Å². The lowest BCUT2D eigenvalue weighted by atomic mass is 10.1. The molecule has 1 saturated heterocycles. The molecule has 15 heavy (non-hydrogen) atoms. The summed E-state index contributed by atoms with van der Waals surface area (Å²) in [7, 11) is 0. The van der Waals surface area contributed by atoms with Gasteiger partial charge < -0.3 is 5.73 Å². The SMILES string of the molecule is Cc1cc(CN2CCCC(N)C2)sc1Br. The Balaban J connectivity index is 1.96. The zero-order valence-corrected chi connectivity index (χ0v) is 11.4. The van der Waals surface area contributed by atoms with Crippen LogP contribution in [0.25, 0.3) is 0 Å². The molecule has 0 aromatic carbocycles. The van der Waals surface area contributed by atoms with Gasteiger partial charge in [-0.25, -0.2) is 0 Å². The summed E-state index contributed by atoms with van der Waals surface area (Å²) in [5.74, 6) is 0. The van der Waals surface area contributed by atoms with Crippen molar-refractivity contribution < 1.29 is 0 Å². The Morgan fingerprint density at radius 3 is 3.07 bits per heavy atom. The van der Waals surface area contributed by atoms with E-state index < -0.39 is 0 Å². The van der Waals surface area contributed by atoms with Crippen LogP contribution in [0, 0.1) is 6.92 Å². The fourth-order valence-electron chi connectivity index (χ4n) is 2.06. The Morgan fingerprint density at radius 1 is 1.67 bits per heavy atom. The van der Waals surface area contributed by atoms with Crippen molar-refractivity contribution in [2.75, 3.05) is 13.1 Å². The molecule has 0 amide bonds. The first-order valence-corrected chi connectivity index (χ1v) is 6.99. The molecule has 0 aliphatic carbocycles. The first-order chi connectivity index (χ1) is 7.15. The van der Waals surface area contributed by atoms with E-state index in [1.165, 1.54) is 33.6 Å². The number of piperidine rings is 1. The third kappa shape index (κ3) is 3.03. The van der Waals surface area contributed by atoms with Crippen LogP contribution in [0.4, 0.5) is 0 Å². The van der Waals surface area contributed by atoms with Crippen molar-refractivity contribution in [1.82, 2.24) is 4.90 Å². The summed E-state index contributed by atoms with van der Waals surface area (Å²) in [5.41, 5.74) is 7.31. The molecular weight excluding hydrogens is 272 g/mol. The van der Waals surface area contributed by atoms with Crippen molar-refractivity contribution >= 4 is 27.3 Å². The zero-order chi connectivity index (χ0) is 10.8. The highest BCUT2D eigenvalue weighted by Crippen LogP contribution is 2.28. The number of hydrogen-bond acceptors (Lipinski definition) is 3. The molecule has 2 heterocycles. The van der Waals surface area contributed by atoms with Gasteiger partial charge in [0.2, 0.25) is 0 Å². The third-order valence-electron chi connectivity index (χ3n) is 2.83. The van der Waals surface area contributed by atoms with Crippen molar-refractivity contribution in [3.63, 3.8) is 0 Å². The van der Waals surface area contributed by atoms with Crippen LogP contribution in [-0.2, 0) is 6.54 Å². The van der Waals surface area contributed by atoms with Crippen molar-refractivity contribution in [1.29, 1.82) is 0 Å². The lowest BCUT2D eigenvalue weighted by molar-refractivity contribution is 0.203. The van der Waals surface area contributed by atoms with E-state index in [-0.39, 0.29) is 0 Å². The molecule has 1 fully saturated rings. The predicted octanol–water partition coefficient (Wildman–Crippen LogP) is 2.74. The molecule has 2 nitrogen and oxygen atoms in total. The quantitative estimate of drug-likeness (QED) is 0.907. The van der Waals surface area contributed by atoms with Gasteiger partial charge in [0.1, 0.15) is 0 Å². The smallest absolute Gasteiger partial charge is 0.0730 e. The summed E-state index contributed by atoms with van der Waals surface area (Å²) >= 11 is 5.41. The second-order valence-corrected chi connectivity index (χ2v) is 6.76. The van der Waals surface area contributed by atoms with Gasteiger partial charge >= 0.3 is 0 Å². The molecule has 0 saturated carbocycles. The van der Waals surface area contributed by atoms with E-state index in [0.29, 0.717) is 6.04 Å². The van der Waals surface area contributed by atoms with E-state index in [9.17, 15) is 0 Å². The number of halogens is 1. The summed E-state index contributed by atoms with van der Waals surface area (Å²) in [6.45, 7) is 5.45. The Labute approximate surface area is 104 Å². The van der Waals surface area contributed by atoms with Gasteiger partial charge in [0.25, 0.3) is 0 Å². The predicted molar refractivity (Wildman–Crippen MR) is 69.2 cm³/mol. The van der Waals surface area contributed by atoms with E-state index >= 15 is 0 Å². The number of hydrogen-bond donors (Lipinski definition) is 1. The molecule has 2 N–H and O–H groups in total. The normalized spacial score (nSPS) is 23.3. The minimum atomic E-state index is 0.378. The fourth-order valence-corrected chi connectivity index (χ4v) is 3.73. The van der Waals surface area contributed by atoms with Crippen LogP contribution < -0.4 is 5.73 Å². The maximum atomic E-state index is 5.97. The molecular formula is C11H17BrN2S. The monoisotopic (exact) mass is 288 g/mol. The topological polar surface area (TPSA) is 29.3 Å². The largest absolute Gasteiger partial charge is 0.327 e. The van der Waals surface area contributed by atoms with Gasteiger partial charge in [-0.05, 0) is 53.9 Å². The molecule has 1 atom stereocenters. The van der Waals surface area contributed by atoms with Crippen LogP contribution in [0.15, 0.2) is 9.85 Å². The van der Waals surface area contributed by atoms with Crippen molar-refractivity contribution in [2.24, 2.45) is 5.73 Å². The molecule has 84 valence electrons. The van der Waals surface area contributed by atoms with Crippen LogP contribution in [0.2, 0.25) is 0 Å². The second kappa shape index (κ2) is 4.95. The zero-order valence-electron chi connectivity index (χ0n) is 9.00. The van der Waals surface area contributed by atoms with Crippen LogP contribution >= 0.6 is 27.3 Å². The van der Waals surface area contributed by atoms with Gasteiger partial charge in [0, 0.05) is 24.0 Å². The standard InChI is InChI=1S/C11H17BrN2S/c1-8-5-10(15-11(8)12)7-14-4-2-3-9(13)6-14/h5,9H,2-4,6-7,13H2,1H3. The lowest BCUT2D eigenvalue weighted by Gasteiger charge is -2.30. The van der Waals surface area contributed by atoms with Gasteiger partial charge in [-0.3, -0.25) is 4.90 Å².